The number of aryl methyl sites for hydroxylation is 1. The largest absolute Gasteiger partial charge is 0.342 e. The summed E-state index contributed by atoms with van der Waals surface area (Å²) >= 11 is 0. The van der Waals surface area contributed by atoms with E-state index in [4.69, 9.17) is 5.53 Å². The third-order valence-electron chi connectivity index (χ3n) is 1.68. The van der Waals surface area contributed by atoms with Gasteiger partial charge in [0.05, 0.1) is 5.45 Å². The summed E-state index contributed by atoms with van der Waals surface area (Å²) in [7, 11) is 0.510. The van der Waals surface area contributed by atoms with Crippen molar-refractivity contribution in [1.29, 1.82) is 0 Å². The van der Waals surface area contributed by atoms with Crippen molar-refractivity contribution >= 4 is 19.3 Å². The normalized spacial score (nSPS) is 11.1. The Hall–Kier alpha value is -1.26. The summed E-state index contributed by atoms with van der Waals surface area (Å²) in [5.41, 5.74) is 9.29. The molecule has 70 valence electrons. The molecule has 0 unspecified atom stereocenters. The molecule has 0 fully saturated rings. The first-order valence-electron chi connectivity index (χ1n) is 4.04. The van der Waals surface area contributed by atoms with Gasteiger partial charge in [0.1, 0.15) is 13.9 Å². The maximum Gasteiger partial charge on any atom is 0.144 e. The number of nitrogens with zero attached hydrogens (tertiary/aromatic N) is 5. The van der Waals surface area contributed by atoms with E-state index in [1.165, 1.54) is 0 Å². The SMILES string of the molecule is Cn1cc(N=[N+]=[N-])nc1[Si](C)(C)C. The maximum absolute atomic E-state index is 8.24. The number of rotatable bonds is 2. The van der Waals surface area contributed by atoms with Crippen molar-refractivity contribution in [3.05, 3.63) is 16.6 Å². The van der Waals surface area contributed by atoms with Crippen LogP contribution in [0.3, 0.4) is 0 Å². The average molecular weight is 195 g/mol. The highest BCUT2D eigenvalue weighted by atomic mass is 28.3. The minimum Gasteiger partial charge on any atom is -0.342 e. The van der Waals surface area contributed by atoms with Crippen LogP contribution in [0.25, 0.3) is 10.4 Å². The molecule has 0 N–H and O–H groups in total. The molecule has 13 heavy (non-hydrogen) atoms. The standard InChI is InChI=1S/C7H13N5Si/c1-12-5-6(10-11-8)9-7(12)13(2,3)4/h5H,1-4H3. The number of aromatic nitrogens is 2. The Balaban J connectivity index is 3.18. The molecule has 0 saturated carbocycles. The summed E-state index contributed by atoms with van der Waals surface area (Å²) < 4.78 is 1.94. The summed E-state index contributed by atoms with van der Waals surface area (Å²) in [5, 5.41) is 3.47. The quantitative estimate of drug-likeness (QED) is 0.307. The van der Waals surface area contributed by atoms with Gasteiger partial charge in [-0.05, 0) is 10.6 Å². The van der Waals surface area contributed by atoms with Crippen LogP contribution in [-0.4, -0.2) is 17.6 Å². The molecule has 1 heterocycles. The number of hydrogen-bond acceptors (Lipinski definition) is 2. The van der Waals surface area contributed by atoms with Crippen molar-refractivity contribution < 1.29 is 0 Å². The van der Waals surface area contributed by atoms with Crippen LogP contribution in [-0.2, 0) is 7.05 Å². The van der Waals surface area contributed by atoms with Crippen LogP contribution < -0.4 is 5.45 Å². The van der Waals surface area contributed by atoms with Gasteiger partial charge in [0.15, 0.2) is 0 Å². The Morgan fingerprint density at radius 3 is 2.54 bits per heavy atom. The molecule has 0 aliphatic carbocycles. The molecule has 1 aromatic rings. The van der Waals surface area contributed by atoms with Crippen LogP contribution in [0.15, 0.2) is 11.3 Å². The predicted octanol–water partition coefficient (Wildman–Crippen LogP) is 1.91. The lowest BCUT2D eigenvalue weighted by Crippen LogP contribution is -2.43. The summed E-state index contributed by atoms with van der Waals surface area (Å²) in [6.07, 6.45) is 1.76. The Bertz CT molecular complexity index is 355. The van der Waals surface area contributed by atoms with Crippen molar-refractivity contribution in [2.45, 2.75) is 19.6 Å². The summed E-state index contributed by atoms with van der Waals surface area (Å²) in [6.45, 7) is 6.61. The van der Waals surface area contributed by atoms with E-state index >= 15 is 0 Å². The van der Waals surface area contributed by atoms with Crippen molar-refractivity contribution in [1.82, 2.24) is 9.55 Å². The van der Waals surface area contributed by atoms with Gasteiger partial charge in [0.25, 0.3) is 0 Å². The summed E-state index contributed by atoms with van der Waals surface area (Å²) in [6, 6.07) is 0. The van der Waals surface area contributed by atoms with Gasteiger partial charge >= 0.3 is 0 Å². The first-order chi connectivity index (χ1) is 5.95. The Morgan fingerprint density at radius 1 is 1.54 bits per heavy atom. The Labute approximate surface area is 78.0 Å². The van der Waals surface area contributed by atoms with E-state index in [2.05, 4.69) is 34.7 Å². The highest BCUT2D eigenvalue weighted by Gasteiger charge is 2.22. The predicted molar refractivity (Wildman–Crippen MR) is 55.0 cm³/mol. The Morgan fingerprint density at radius 2 is 2.15 bits per heavy atom. The monoisotopic (exact) mass is 195 g/mol. The molecule has 0 aliphatic rings. The zero-order valence-corrected chi connectivity index (χ0v) is 9.31. The molecular formula is C7H13N5Si. The average Bonchev–Trinajstić information content (AvgIpc) is 2.30. The van der Waals surface area contributed by atoms with Crippen LogP contribution >= 0.6 is 0 Å². The van der Waals surface area contributed by atoms with E-state index in [9.17, 15) is 0 Å². The second-order valence-corrected chi connectivity index (χ2v) is 8.92. The number of azide groups is 1. The van der Waals surface area contributed by atoms with Gasteiger partial charge in [-0.3, -0.25) is 0 Å². The van der Waals surface area contributed by atoms with Crippen LogP contribution in [0, 0.1) is 0 Å². The third kappa shape index (κ3) is 2.10. The highest BCUT2D eigenvalue weighted by Crippen LogP contribution is 2.09. The summed E-state index contributed by atoms with van der Waals surface area (Å²) in [5.74, 6) is 0.461. The van der Waals surface area contributed by atoms with E-state index in [0.29, 0.717) is 5.82 Å². The lowest BCUT2D eigenvalue weighted by molar-refractivity contribution is 0.943. The first kappa shape index (κ1) is 9.82. The number of hydrogen-bond donors (Lipinski definition) is 0. The highest BCUT2D eigenvalue weighted by molar-refractivity contribution is 6.87. The molecule has 0 radical (unpaired) electrons. The van der Waals surface area contributed by atoms with Crippen molar-refractivity contribution in [2.75, 3.05) is 0 Å². The van der Waals surface area contributed by atoms with Crippen molar-refractivity contribution in [3.8, 4) is 0 Å². The van der Waals surface area contributed by atoms with Crippen LogP contribution in [0.4, 0.5) is 5.82 Å². The second-order valence-electron chi connectivity index (χ2n) is 3.97. The minimum absolute atomic E-state index is 0.461. The van der Waals surface area contributed by atoms with Gasteiger partial charge in [0.2, 0.25) is 0 Å². The van der Waals surface area contributed by atoms with Gasteiger partial charge in [-0.2, -0.15) is 0 Å². The fraction of sp³-hybridized carbons (Fsp3) is 0.571. The molecule has 0 amide bonds. The van der Waals surface area contributed by atoms with E-state index in [1.807, 2.05) is 11.6 Å². The van der Waals surface area contributed by atoms with Gasteiger partial charge in [0, 0.05) is 18.2 Å². The number of imidazole rings is 1. The molecule has 0 saturated heterocycles. The zero-order chi connectivity index (χ0) is 10.1. The topological polar surface area (TPSA) is 66.6 Å². The smallest absolute Gasteiger partial charge is 0.144 e. The fourth-order valence-corrected chi connectivity index (χ4v) is 2.81. The fourth-order valence-electron chi connectivity index (χ4n) is 1.24. The summed E-state index contributed by atoms with van der Waals surface area (Å²) in [4.78, 5) is 6.98. The van der Waals surface area contributed by atoms with Crippen molar-refractivity contribution in [2.24, 2.45) is 12.2 Å². The van der Waals surface area contributed by atoms with E-state index < -0.39 is 8.07 Å². The van der Waals surface area contributed by atoms with Crippen LogP contribution in [0.5, 0.6) is 0 Å². The molecule has 0 bridgehead atoms. The third-order valence-corrected chi connectivity index (χ3v) is 3.49. The van der Waals surface area contributed by atoms with E-state index in [0.717, 1.165) is 5.45 Å². The van der Waals surface area contributed by atoms with E-state index in [-0.39, 0.29) is 0 Å². The molecule has 0 aliphatic heterocycles. The lowest BCUT2D eigenvalue weighted by Gasteiger charge is -2.14. The molecule has 5 nitrogen and oxygen atoms in total. The van der Waals surface area contributed by atoms with Gasteiger partial charge in [-0.15, -0.1) is 0 Å². The van der Waals surface area contributed by atoms with Crippen LogP contribution in [0.1, 0.15) is 0 Å². The van der Waals surface area contributed by atoms with Crippen LogP contribution in [0.2, 0.25) is 19.6 Å². The zero-order valence-electron chi connectivity index (χ0n) is 8.31. The van der Waals surface area contributed by atoms with Gasteiger partial charge < -0.3 is 4.57 Å². The Kier molecular flexibility index (Phi) is 2.44. The minimum atomic E-state index is -1.42. The molecule has 0 aromatic carbocycles. The van der Waals surface area contributed by atoms with Gasteiger partial charge in [-0.1, -0.05) is 19.6 Å². The van der Waals surface area contributed by atoms with E-state index in [1.54, 1.807) is 6.20 Å². The van der Waals surface area contributed by atoms with Crippen molar-refractivity contribution in [3.63, 3.8) is 0 Å². The van der Waals surface area contributed by atoms with Gasteiger partial charge in [-0.25, -0.2) is 4.98 Å². The maximum atomic E-state index is 8.24. The lowest BCUT2D eigenvalue weighted by atomic mass is 10.8. The molecule has 6 heteroatoms. The molecule has 0 atom stereocenters. The molecule has 1 rings (SSSR count). The molecular weight excluding hydrogens is 182 g/mol. The second kappa shape index (κ2) is 3.24. The first-order valence-corrected chi connectivity index (χ1v) is 7.54. The molecule has 0 spiro atoms. The molecule has 1 aromatic heterocycles.